The van der Waals surface area contributed by atoms with Crippen molar-refractivity contribution in [1.82, 2.24) is 4.90 Å². The highest BCUT2D eigenvalue weighted by molar-refractivity contribution is 5.89. The van der Waals surface area contributed by atoms with Crippen molar-refractivity contribution in [2.75, 3.05) is 6.61 Å². The third-order valence-corrected chi connectivity index (χ3v) is 7.69. The van der Waals surface area contributed by atoms with Crippen molar-refractivity contribution >= 4 is 11.9 Å². The van der Waals surface area contributed by atoms with Crippen molar-refractivity contribution < 1.29 is 23.8 Å². The number of hydrogen-bond donors (Lipinski definition) is 0. The van der Waals surface area contributed by atoms with Gasteiger partial charge in [0.1, 0.15) is 18.4 Å². The fraction of sp³-hybridized carbons (Fsp3) is 0.394. The first-order chi connectivity index (χ1) is 19.0. The van der Waals surface area contributed by atoms with Crippen molar-refractivity contribution in [2.24, 2.45) is 0 Å². The number of ether oxygens (including phenoxy) is 3. The number of amides is 1. The van der Waals surface area contributed by atoms with Crippen molar-refractivity contribution in [3.8, 4) is 5.75 Å². The normalized spacial score (nSPS) is 17.9. The van der Waals surface area contributed by atoms with Gasteiger partial charge in [-0.3, -0.25) is 4.79 Å². The Balaban J connectivity index is 1.47. The minimum atomic E-state index is -0.771. The molecule has 1 aliphatic carbocycles. The first-order valence-electron chi connectivity index (χ1n) is 14.0. The summed E-state index contributed by atoms with van der Waals surface area (Å²) in [5, 5.41) is 0. The number of nitrogens with zero attached hydrogens (tertiary/aromatic N) is 1. The molecule has 0 bridgehead atoms. The quantitative estimate of drug-likeness (QED) is 0.315. The lowest BCUT2D eigenvalue weighted by molar-refractivity contribution is -0.163. The van der Waals surface area contributed by atoms with Crippen LogP contribution in [0.5, 0.6) is 5.75 Å². The smallest absolute Gasteiger partial charge is 0.329 e. The van der Waals surface area contributed by atoms with Crippen LogP contribution >= 0.6 is 0 Å². The molecule has 0 aromatic heterocycles. The fourth-order valence-corrected chi connectivity index (χ4v) is 5.64. The third-order valence-electron chi connectivity index (χ3n) is 7.69. The zero-order valence-electron chi connectivity index (χ0n) is 22.8. The molecule has 0 saturated heterocycles. The van der Waals surface area contributed by atoms with Gasteiger partial charge in [0.25, 0.3) is 5.91 Å². The molecule has 3 aromatic rings. The SMILES string of the molecule is CCOC(=O)[C@@H]1Cc2c(ccc(C)c2OCc2ccccc2)CN1C(=O)C(OC1CCCC1)c1ccccc1. The van der Waals surface area contributed by atoms with Gasteiger partial charge >= 0.3 is 5.97 Å². The molecule has 0 radical (unpaired) electrons. The summed E-state index contributed by atoms with van der Waals surface area (Å²) >= 11 is 0. The Morgan fingerprint density at radius 2 is 1.64 bits per heavy atom. The van der Waals surface area contributed by atoms with Gasteiger partial charge in [0.15, 0.2) is 6.10 Å². The maximum absolute atomic E-state index is 14.2. The molecule has 0 N–H and O–H groups in total. The van der Waals surface area contributed by atoms with Gasteiger partial charge in [-0.15, -0.1) is 0 Å². The Morgan fingerprint density at radius 3 is 2.33 bits per heavy atom. The standard InChI is InChI=1S/C33H37NO5/c1-3-37-33(36)29-20-28-26(19-18-23(2)30(28)38-22-24-12-6-4-7-13-24)21-34(29)32(35)31(25-14-8-5-9-15-25)39-27-16-10-11-17-27/h4-9,12-15,18-19,27,29,31H,3,10-11,16-17,20-22H2,1-2H3/t29-,31?/m0/s1. The maximum atomic E-state index is 14.2. The largest absolute Gasteiger partial charge is 0.488 e. The van der Waals surface area contributed by atoms with E-state index >= 15 is 0 Å². The van der Waals surface area contributed by atoms with Gasteiger partial charge < -0.3 is 19.1 Å². The van der Waals surface area contributed by atoms with E-state index in [2.05, 4.69) is 0 Å². The van der Waals surface area contributed by atoms with Gasteiger partial charge in [-0.25, -0.2) is 4.79 Å². The number of benzene rings is 3. The molecule has 204 valence electrons. The first-order valence-corrected chi connectivity index (χ1v) is 14.0. The highest BCUT2D eigenvalue weighted by Gasteiger charge is 2.41. The molecule has 0 spiro atoms. The van der Waals surface area contributed by atoms with E-state index in [0.717, 1.165) is 59.3 Å². The predicted molar refractivity (Wildman–Crippen MR) is 149 cm³/mol. The zero-order valence-corrected chi connectivity index (χ0v) is 22.8. The molecule has 2 aliphatic rings. The van der Waals surface area contributed by atoms with Crippen molar-refractivity contribution in [3.63, 3.8) is 0 Å². The van der Waals surface area contributed by atoms with Crippen molar-refractivity contribution in [3.05, 3.63) is 101 Å². The second-order valence-corrected chi connectivity index (χ2v) is 10.4. The molecular weight excluding hydrogens is 490 g/mol. The molecule has 6 nitrogen and oxygen atoms in total. The second kappa shape index (κ2) is 12.5. The number of carbonyl (C=O) groups excluding carboxylic acids is 2. The van der Waals surface area contributed by atoms with E-state index in [1.165, 1.54) is 0 Å². The lowest BCUT2D eigenvalue weighted by Crippen LogP contribution is -2.51. The molecule has 6 heteroatoms. The summed E-state index contributed by atoms with van der Waals surface area (Å²) in [6.45, 7) is 4.76. The predicted octanol–water partition coefficient (Wildman–Crippen LogP) is 6.09. The second-order valence-electron chi connectivity index (χ2n) is 10.4. The molecule has 5 rings (SSSR count). The number of carbonyl (C=O) groups is 2. The minimum Gasteiger partial charge on any atom is -0.488 e. The topological polar surface area (TPSA) is 65.1 Å². The average molecular weight is 528 g/mol. The van der Waals surface area contributed by atoms with Crippen LogP contribution in [0.4, 0.5) is 0 Å². The van der Waals surface area contributed by atoms with Crippen LogP contribution in [-0.2, 0) is 38.6 Å². The third kappa shape index (κ3) is 6.17. The van der Waals surface area contributed by atoms with Gasteiger partial charge in [-0.05, 0) is 48.9 Å². The lowest BCUT2D eigenvalue weighted by atomic mass is 9.90. The summed E-state index contributed by atoms with van der Waals surface area (Å²) in [6.07, 6.45) is 3.70. The first kappa shape index (κ1) is 26.9. The Hall–Kier alpha value is -3.64. The van der Waals surface area contributed by atoms with Gasteiger partial charge in [0, 0.05) is 18.5 Å². The van der Waals surface area contributed by atoms with E-state index in [9.17, 15) is 9.59 Å². The number of fused-ring (bicyclic) bond motifs is 1. The van der Waals surface area contributed by atoms with Crippen LogP contribution in [0.1, 0.15) is 66.5 Å². The van der Waals surface area contributed by atoms with Gasteiger partial charge in [0.2, 0.25) is 0 Å². The molecule has 1 fully saturated rings. The molecule has 1 aliphatic heterocycles. The molecular formula is C33H37NO5. The van der Waals surface area contributed by atoms with Crippen LogP contribution in [0.15, 0.2) is 72.8 Å². The molecule has 39 heavy (non-hydrogen) atoms. The van der Waals surface area contributed by atoms with Crippen LogP contribution in [0.25, 0.3) is 0 Å². The summed E-state index contributed by atoms with van der Waals surface area (Å²) < 4.78 is 18.3. The Morgan fingerprint density at radius 1 is 0.949 bits per heavy atom. The van der Waals surface area contributed by atoms with Crippen LogP contribution in [0, 0.1) is 6.92 Å². The lowest BCUT2D eigenvalue weighted by Gasteiger charge is -2.38. The highest BCUT2D eigenvalue weighted by Crippen LogP contribution is 2.37. The van der Waals surface area contributed by atoms with E-state index in [4.69, 9.17) is 14.2 Å². The zero-order chi connectivity index (χ0) is 27.2. The Labute approximate surface area is 230 Å². The number of aryl methyl sites for hydroxylation is 1. The van der Waals surface area contributed by atoms with Crippen LogP contribution in [-0.4, -0.2) is 35.5 Å². The van der Waals surface area contributed by atoms with Crippen LogP contribution in [0.2, 0.25) is 0 Å². The molecule has 1 unspecified atom stereocenters. The van der Waals surface area contributed by atoms with Crippen LogP contribution in [0.3, 0.4) is 0 Å². The monoisotopic (exact) mass is 527 g/mol. The molecule has 1 saturated carbocycles. The molecule has 1 amide bonds. The minimum absolute atomic E-state index is 0.0397. The number of hydrogen-bond acceptors (Lipinski definition) is 5. The highest BCUT2D eigenvalue weighted by atomic mass is 16.5. The van der Waals surface area contributed by atoms with Gasteiger partial charge in [-0.2, -0.15) is 0 Å². The molecule has 2 atom stereocenters. The van der Waals surface area contributed by atoms with Crippen molar-refractivity contribution in [1.29, 1.82) is 0 Å². The number of rotatable bonds is 9. The summed E-state index contributed by atoms with van der Waals surface area (Å²) in [4.78, 5) is 29.2. The van der Waals surface area contributed by atoms with Gasteiger partial charge in [0.05, 0.1) is 12.7 Å². The van der Waals surface area contributed by atoms with Crippen LogP contribution < -0.4 is 4.74 Å². The van der Waals surface area contributed by atoms with Gasteiger partial charge in [-0.1, -0.05) is 85.6 Å². The summed E-state index contributed by atoms with van der Waals surface area (Å²) in [7, 11) is 0. The summed E-state index contributed by atoms with van der Waals surface area (Å²) in [6, 6.07) is 22.9. The molecule has 3 aromatic carbocycles. The summed E-state index contributed by atoms with van der Waals surface area (Å²) in [5.41, 5.74) is 4.81. The van der Waals surface area contributed by atoms with E-state index in [0.29, 0.717) is 13.0 Å². The summed E-state index contributed by atoms with van der Waals surface area (Å²) in [5.74, 6) is 0.170. The molecule has 1 heterocycles. The van der Waals surface area contributed by atoms with Crippen molar-refractivity contribution in [2.45, 2.75) is 77.4 Å². The number of esters is 1. The average Bonchev–Trinajstić information content (AvgIpc) is 3.49. The van der Waals surface area contributed by atoms with E-state index in [1.54, 1.807) is 11.8 Å². The maximum Gasteiger partial charge on any atom is 0.329 e. The Bertz CT molecular complexity index is 1270. The van der Waals surface area contributed by atoms with E-state index in [-0.39, 0.29) is 25.2 Å². The van der Waals surface area contributed by atoms with E-state index in [1.807, 2.05) is 79.7 Å². The Kier molecular flexibility index (Phi) is 8.62. The fourth-order valence-electron chi connectivity index (χ4n) is 5.64. The van der Waals surface area contributed by atoms with E-state index < -0.39 is 18.1 Å².